The van der Waals surface area contributed by atoms with E-state index in [4.69, 9.17) is 19.5 Å². The average molecular weight is 643 g/mol. The van der Waals surface area contributed by atoms with E-state index in [1.54, 1.807) is 51.1 Å². The minimum absolute atomic E-state index is 0.0125. The number of hydrogen-bond donors (Lipinski definition) is 2. The monoisotopic (exact) mass is 642 g/mol. The molecule has 246 valence electrons. The van der Waals surface area contributed by atoms with Gasteiger partial charge in [-0.25, -0.2) is 14.2 Å². The van der Waals surface area contributed by atoms with E-state index in [2.05, 4.69) is 25.5 Å². The Morgan fingerprint density at radius 1 is 1.15 bits per heavy atom. The quantitative estimate of drug-likeness (QED) is 0.196. The standard InChI is InChI=1S/C35H39FN6O5/c1-35(2,3)47-34(44)29-10-9-28(33(40-29)38-15-11-26-14-18-45-26)39-31(43)20-23-12-16-42(17-13-23)30-5-4-6-32(41-30)46-22-25-8-7-24(21-37)19-27(25)36/h4-10,19-20,26H,11-18,22H2,1-3H3,(H,38,40)(H,39,43)/t26-/m1/s1. The van der Waals surface area contributed by atoms with Crippen LogP contribution in [0.2, 0.25) is 0 Å². The van der Waals surface area contributed by atoms with E-state index in [0.29, 0.717) is 55.4 Å². The summed E-state index contributed by atoms with van der Waals surface area (Å²) in [5.74, 6) is 0.161. The van der Waals surface area contributed by atoms with Crippen molar-refractivity contribution in [3.63, 3.8) is 0 Å². The van der Waals surface area contributed by atoms with Crippen LogP contribution < -0.4 is 20.3 Å². The zero-order chi connectivity index (χ0) is 33.4. The zero-order valence-corrected chi connectivity index (χ0v) is 26.8. The molecule has 1 amide bonds. The summed E-state index contributed by atoms with van der Waals surface area (Å²) in [5.41, 5.74) is 1.54. The van der Waals surface area contributed by atoms with Crippen molar-refractivity contribution >= 4 is 29.2 Å². The van der Waals surface area contributed by atoms with Gasteiger partial charge in [-0.2, -0.15) is 10.2 Å². The number of nitrogens with zero attached hydrogens (tertiary/aromatic N) is 4. The van der Waals surface area contributed by atoms with Crippen molar-refractivity contribution in [1.29, 1.82) is 5.26 Å². The van der Waals surface area contributed by atoms with Gasteiger partial charge in [-0.1, -0.05) is 17.7 Å². The first-order chi connectivity index (χ1) is 22.6. The molecule has 0 spiro atoms. The molecule has 5 rings (SSSR count). The molecule has 3 aromatic rings. The van der Waals surface area contributed by atoms with Crippen molar-refractivity contribution in [2.75, 3.05) is 41.8 Å². The Labute approximate surface area is 273 Å². The van der Waals surface area contributed by atoms with Gasteiger partial charge in [-0.3, -0.25) is 4.79 Å². The number of piperidine rings is 1. The molecule has 2 fully saturated rings. The molecule has 12 heteroatoms. The summed E-state index contributed by atoms with van der Waals surface area (Å²) in [5, 5.41) is 15.1. The van der Waals surface area contributed by atoms with Crippen molar-refractivity contribution in [1.82, 2.24) is 9.97 Å². The molecule has 1 aromatic carbocycles. The number of aromatic nitrogens is 2. The predicted octanol–water partition coefficient (Wildman–Crippen LogP) is 5.78. The zero-order valence-electron chi connectivity index (χ0n) is 26.8. The molecule has 0 unspecified atom stereocenters. The highest BCUT2D eigenvalue weighted by atomic mass is 19.1. The maximum absolute atomic E-state index is 14.2. The maximum atomic E-state index is 14.2. The lowest BCUT2D eigenvalue weighted by Gasteiger charge is -2.29. The first-order valence-electron chi connectivity index (χ1n) is 15.7. The second-order valence-corrected chi connectivity index (χ2v) is 12.4. The van der Waals surface area contributed by atoms with E-state index in [9.17, 15) is 14.0 Å². The van der Waals surface area contributed by atoms with Gasteiger partial charge >= 0.3 is 5.97 Å². The lowest BCUT2D eigenvalue weighted by atomic mass is 10.0. The fraction of sp³-hybridized carbons (Fsp3) is 0.400. The predicted molar refractivity (Wildman–Crippen MR) is 175 cm³/mol. The van der Waals surface area contributed by atoms with Crippen molar-refractivity contribution in [2.24, 2.45) is 0 Å². The van der Waals surface area contributed by atoms with Crippen LogP contribution in [0.1, 0.15) is 68.1 Å². The number of nitrogens with one attached hydrogen (secondary N) is 2. The Morgan fingerprint density at radius 2 is 1.94 bits per heavy atom. The minimum atomic E-state index is -0.664. The average Bonchev–Trinajstić information content (AvgIpc) is 3.02. The molecule has 4 heterocycles. The number of carbonyl (C=O) groups is 2. The largest absolute Gasteiger partial charge is 0.473 e. The van der Waals surface area contributed by atoms with Gasteiger partial charge in [0.2, 0.25) is 11.8 Å². The second-order valence-electron chi connectivity index (χ2n) is 12.4. The van der Waals surface area contributed by atoms with Crippen molar-refractivity contribution < 1.29 is 28.2 Å². The molecule has 2 saturated heterocycles. The van der Waals surface area contributed by atoms with E-state index in [1.807, 2.05) is 18.2 Å². The highest BCUT2D eigenvalue weighted by Crippen LogP contribution is 2.26. The van der Waals surface area contributed by atoms with E-state index in [0.717, 1.165) is 30.8 Å². The van der Waals surface area contributed by atoms with Crippen LogP contribution in [0.4, 0.5) is 21.7 Å². The van der Waals surface area contributed by atoms with Gasteiger partial charge in [0.1, 0.15) is 23.8 Å². The Bertz CT molecular complexity index is 1670. The van der Waals surface area contributed by atoms with Gasteiger partial charge in [0, 0.05) is 43.9 Å². The smallest absolute Gasteiger partial charge is 0.357 e. The lowest BCUT2D eigenvalue weighted by Crippen LogP contribution is -2.31. The number of halogens is 1. The first-order valence-corrected chi connectivity index (χ1v) is 15.7. The molecule has 47 heavy (non-hydrogen) atoms. The van der Waals surface area contributed by atoms with Gasteiger partial charge in [0.05, 0.1) is 23.4 Å². The summed E-state index contributed by atoms with van der Waals surface area (Å²) in [7, 11) is 0. The van der Waals surface area contributed by atoms with Gasteiger partial charge in [0.15, 0.2) is 11.5 Å². The number of amides is 1. The Morgan fingerprint density at radius 3 is 2.62 bits per heavy atom. The third-order valence-corrected chi connectivity index (χ3v) is 7.64. The van der Waals surface area contributed by atoms with Crippen LogP contribution >= 0.6 is 0 Å². The summed E-state index contributed by atoms with van der Waals surface area (Å²) in [6.45, 7) is 8.02. The number of carbonyl (C=O) groups excluding carboxylic acids is 2. The van der Waals surface area contributed by atoms with E-state index >= 15 is 0 Å². The second kappa shape index (κ2) is 15.0. The van der Waals surface area contributed by atoms with E-state index < -0.39 is 17.4 Å². The Balaban J connectivity index is 1.17. The first kappa shape index (κ1) is 33.3. The van der Waals surface area contributed by atoms with E-state index in [1.165, 1.54) is 12.1 Å². The summed E-state index contributed by atoms with van der Waals surface area (Å²) >= 11 is 0. The van der Waals surface area contributed by atoms with Crippen molar-refractivity contribution in [2.45, 2.75) is 64.8 Å². The normalized spacial score (nSPS) is 16.0. The fourth-order valence-electron chi connectivity index (χ4n) is 5.07. The van der Waals surface area contributed by atoms with Crippen LogP contribution in [-0.2, 0) is 20.9 Å². The molecule has 2 aliphatic heterocycles. The number of esters is 1. The van der Waals surface area contributed by atoms with Crippen molar-refractivity contribution in [3.05, 3.63) is 82.8 Å². The summed E-state index contributed by atoms with van der Waals surface area (Å²) in [6.07, 6.45) is 4.94. The molecular weight excluding hydrogens is 603 g/mol. The van der Waals surface area contributed by atoms with Crippen LogP contribution in [0.5, 0.6) is 5.88 Å². The molecule has 11 nitrogen and oxygen atoms in total. The highest BCUT2D eigenvalue weighted by Gasteiger charge is 2.22. The summed E-state index contributed by atoms with van der Waals surface area (Å²) < 4.78 is 31.0. The van der Waals surface area contributed by atoms with Gasteiger partial charge in [-0.05, 0) is 76.8 Å². The fourth-order valence-corrected chi connectivity index (χ4v) is 5.07. The third kappa shape index (κ3) is 9.50. The SMILES string of the molecule is CC(C)(C)OC(=O)c1ccc(NC(=O)C=C2CCN(c3cccc(OCc4ccc(C#N)cc4F)n3)CC2)c(NCC[C@@H]2CCO2)n1. The third-order valence-electron chi connectivity index (χ3n) is 7.64. The number of pyridine rings is 2. The van der Waals surface area contributed by atoms with Crippen LogP contribution in [0.25, 0.3) is 0 Å². The number of ether oxygens (including phenoxy) is 3. The van der Waals surface area contributed by atoms with Gasteiger partial charge in [0.25, 0.3) is 0 Å². The number of nitriles is 1. The number of hydrogen-bond acceptors (Lipinski definition) is 10. The number of benzene rings is 1. The molecule has 2 aromatic heterocycles. The molecule has 0 bridgehead atoms. The molecule has 1 atom stereocenters. The van der Waals surface area contributed by atoms with Crippen molar-refractivity contribution in [3.8, 4) is 11.9 Å². The van der Waals surface area contributed by atoms with Crippen LogP contribution in [0, 0.1) is 17.1 Å². The van der Waals surface area contributed by atoms with E-state index in [-0.39, 0.29) is 29.9 Å². The van der Waals surface area contributed by atoms with Crippen LogP contribution in [0.3, 0.4) is 0 Å². The van der Waals surface area contributed by atoms with Crippen LogP contribution in [0.15, 0.2) is 60.2 Å². The maximum Gasteiger partial charge on any atom is 0.357 e. The molecule has 2 N–H and O–H groups in total. The van der Waals surface area contributed by atoms with Gasteiger partial charge < -0.3 is 29.7 Å². The number of rotatable bonds is 11. The number of anilines is 3. The summed E-state index contributed by atoms with van der Waals surface area (Å²) in [6, 6.07) is 14.8. The summed E-state index contributed by atoms with van der Waals surface area (Å²) in [4.78, 5) is 36.9. The molecule has 0 radical (unpaired) electrons. The topological polar surface area (TPSA) is 139 Å². The minimum Gasteiger partial charge on any atom is -0.473 e. The lowest BCUT2D eigenvalue weighted by molar-refractivity contribution is -0.112. The Kier molecular flexibility index (Phi) is 10.7. The highest BCUT2D eigenvalue weighted by molar-refractivity contribution is 6.02. The molecular formula is C35H39FN6O5. The molecule has 0 saturated carbocycles. The molecule has 0 aliphatic carbocycles. The Hall–Kier alpha value is -5.02. The van der Waals surface area contributed by atoms with Gasteiger partial charge in [-0.15, -0.1) is 0 Å². The molecule has 2 aliphatic rings. The van der Waals surface area contributed by atoms with Crippen LogP contribution in [-0.4, -0.2) is 59.8 Å².